The zero-order valence-corrected chi connectivity index (χ0v) is 6.55. The molecule has 1 aromatic rings. The summed E-state index contributed by atoms with van der Waals surface area (Å²) in [6, 6.07) is 0. The number of aryl methyl sites for hydroxylation is 1. The summed E-state index contributed by atoms with van der Waals surface area (Å²) >= 11 is 0. The molecule has 68 valence electrons. The summed E-state index contributed by atoms with van der Waals surface area (Å²) in [6.07, 6.45) is 0.375. The van der Waals surface area contributed by atoms with E-state index in [9.17, 15) is 8.78 Å². The molecule has 1 N–H and O–H groups in total. The van der Waals surface area contributed by atoms with Crippen LogP contribution >= 0.6 is 0 Å². The number of alkyl halides is 2. The van der Waals surface area contributed by atoms with Crippen LogP contribution in [0.1, 0.15) is 17.7 Å². The normalized spacial score (nSPS) is 12.0. The van der Waals surface area contributed by atoms with E-state index in [0.717, 1.165) is 6.20 Å². The molecule has 0 aliphatic carbocycles. The Morgan fingerprint density at radius 2 is 2.33 bits per heavy atom. The number of hydrogen-bond acceptors (Lipinski definition) is 3. The van der Waals surface area contributed by atoms with E-state index in [1.165, 1.54) is 6.92 Å². The molecule has 5 heteroatoms. The maximum absolute atomic E-state index is 13.0. The Morgan fingerprint density at radius 3 is 2.75 bits per heavy atom. The minimum Gasteiger partial charge on any atom is -0.396 e. The van der Waals surface area contributed by atoms with E-state index in [2.05, 4.69) is 9.68 Å². The lowest BCUT2D eigenvalue weighted by atomic mass is 10.1. The van der Waals surface area contributed by atoms with Crippen molar-refractivity contribution in [1.82, 2.24) is 5.16 Å². The van der Waals surface area contributed by atoms with Crippen molar-refractivity contribution >= 4 is 0 Å². The molecule has 0 aliphatic rings. The van der Waals surface area contributed by atoms with Gasteiger partial charge in [0.15, 0.2) is 0 Å². The molecule has 0 unspecified atom stereocenters. The second kappa shape index (κ2) is 3.18. The second-order valence-corrected chi connectivity index (χ2v) is 2.47. The molecule has 1 aromatic heterocycles. The molecular weight excluding hydrogens is 168 g/mol. The number of rotatable bonds is 3. The lowest BCUT2D eigenvalue weighted by Gasteiger charge is -2.12. The van der Waals surface area contributed by atoms with Gasteiger partial charge in [0.05, 0.1) is 11.8 Å². The van der Waals surface area contributed by atoms with Crippen LogP contribution in [0.4, 0.5) is 8.78 Å². The zero-order chi connectivity index (χ0) is 9.19. The van der Waals surface area contributed by atoms with Crippen LogP contribution in [-0.2, 0) is 5.92 Å². The number of nitrogens with zero attached hydrogens (tertiary/aromatic N) is 1. The molecule has 3 nitrogen and oxygen atoms in total. The maximum atomic E-state index is 13.0. The highest BCUT2D eigenvalue weighted by Crippen LogP contribution is 2.32. The van der Waals surface area contributed by atoms with Gasteiger partial charge in [-0.25, -0.2) is 8.78 Å². The number of aliphatic hydroxyl groups is 1. The number of halogens is 2. The van der Waals surface area contributed by atoms with E-state index in [1.807, 2.05) is 0 Å². The first-order chi connectivity index (χ1) is 5.58. The Morgan fingerprint density at radius 1 is 1.67 bits per heavy atom. The van der Waals surface area contributed by atoms with Crippen LogP contribution in [0.25, 0.3) is 0 Å². The van der Waals surface area contributed by atoms with Gasteiger partial charge in [0.2, 0.25) is 0 Å². The quantitative estimate of drug-likeness (QED) is 0.760. The molecule has 0 fully saturated rings. The molecule has 0 aromatic carbocycles. The van der Waals surface area contributed by atoms with E-state index in [-0.39, 0.29) is 11.3 Å². The highest BCUT2D eigenvalue weighted by atomic mass is 19.3. The van der Waals surface area contributed by atoms with Gasteiger partial charge in [0, 0.05) is 13.0 Å². The van der Waals surface area contributed by atoms with Crippen LogP contribution in [0.15, 0.2) is 10.7 Å². The fraction of sp³-hybridized carbons (Fsp3) is 0.571. The summed E-state index contributed by atoms with van der Waals surface area (Å²) in [6.45, 7) is 0.852. The van der Waals surface area contributed by atoms with Gasteiger partial charge in [-0.3, -0.25) is 0 Å². The lowest BCUT2D eigenvalue weighted by Crippen LogP contribution is -2.15. The summed E-state index contributed by atoms with van der Waals surface area (Å²) in [7, 11) is 0. The van der Waals surface area contributed by atoms with E-state index in [4.69, 9.17) is 5.11 Å². The van der Waals surface area contributed by atoms with Gasteiger partial charge in [0.25, 0.3) is 5.92 Å². The molecule has 0 aliphatic heterocycles. The van der Waals surface area contributed by atoms with E-state index in [0.29, 0.717) is 0 Å². The van der Waals surface area contributed by atoms with Gasteiger partial charge < -0.3 is 9.63 Å². The van der Waals surface area contributed by atoms with E-state index < -0.39 is 19.0 Å². The van der Waals surface area contributed by atoms with Gasteiger partial charge in [0.1, 0.15) is 5.76 Å². The molecule has 0 saturated carbocycles. The first-order valence-corrected chi connectivity index (χ1v) is 3.48. The number of aromatic nitrogens is 1. The van der Waals surface area contributed by atoms with Gasteiger partial charge in [-0.2, -0.15) is 0 Å². The summed E-state index contributed by atoms with van der Waals surface area (Å²) in [4.78, 5) is 0. The molecule has 0 spiro atoms. The first kappa shape index (κ1) is 9.12. The van der Waals surface area contributed by atoms with Crippen molar-refractivity contribution in [3.63, 3.8) is 0 Å². The van der Waals surface area contributed by atoms with E-state index >= 15 is 0 Å². The SMILES string of the molecule is Cc1oncc1C(F)(F)CCO. The molecule has 1 heterocycles. The Hall–Kier alpha value is -0.970. The minimum absolute atomic E-state index is 0.0912. The standard InChI is InChI=1S/C7H9F2NO2/c1-5-6(4-10-12-5)7(8,9)2-3-11/h4,11H,2-3H2,1H3. The van der Waals surface area contributed by atoms with Gasteiger partial charge in [-0.1, -0.05) is 5.16 Å². The third-order valence-electron chi connectivity index (χ3n) is 1.57. The number of aliphatic hydroxyl groups excluding tert-OH is 1. The molecule has 1 rings (SSSR count). The average Bonchev–Trinajstić information content (AvgIpc) is 2.35. The fourth-order valence-corrected chi connectivity index (χ4v) is 0.925. The zero-order valence-electron chi connectivity index (χ0n) is 6.55. The molecule has 0 amide bonds. The summed E-state index contributed by atoms with van der Waals surface area (Å²) in [5.41, 5.74) is -0.253. The fourth-order valence-electron chi connectivity index (χ4n) is 0.925. The Bertz CT molecular complexity index is 260. The van der Waals surface area contributed by atoms with Crippen molar-refractivity contribution in [2.75, 3.05) is 6.61 Å². The predicted molar refractivity (Wildman–Crippen MR) is 36.8 cm³/mol. The largest absolute Gasteiger partial charge is 0.396 e. The predicted octanol–water partition coefficient (Wildman–Crippen LogP) is 1.46. The van der Waals surface area contributed by atoms with Crippen molar-refractivity contribution in [2.24, 2.45) is 0 Å². The third-order valence-corrected chi connectivity index (χ3v) is 1.57. The smallest absolute Gasteiger partial charge is 0.280 e. The lowest BCUT2D eigenvalue weighted by molar-refractivity contribution is -0.0281. The third kappa shape index (κ3) is 1.61. The molecular formula is C7H9F2NO2. The van der Waals surface area contributed by atoms with Crippen LogP contribution in [0.5, 0.6) is 0 Å². The van der Waals surface area contributed by atoms with Crippen LogP contribution in [0, 0.1) is 6.92 Å². The van der Waals surface area contributed by atoms with Crippen molar-refractivity contribution < 1.29 is 18.4 Å². The summed E-state index contributed by atoms with van der Waals surface area (Å²) in [5.74, 6) is -2.95. The van der Waals surface area contributed by atoms with Crippen molar-refractivity contribution in [2.45, 2.75) is 19.3 Å². The first-order valence-electron chi connectivity index (χ1n) is 3.48. The van der Waals surface area contributed by atoms with Crippen LogP contribution in [0.2, 0.25) is 0 Å². The monoisotopic (exact) mass is 177 g/mol. The van der Waals surface area contributed by atoms with Crippen molar-refractivity contribution in [3.8, 4) is 0 Å². The van der Waals surface area contributed by atoms with Gasteiger partial charge >= 0.3 is 0 Å². The highest BCUT2D eigenvalue weighted by Gasteiger charge is 2.34. The minimum atomic E-state index is -3.04. The molecule has 12 heavy (non-hydrogen) atoms. The molecule has 0 saturated heterocycles. The number of hydrogen-bond donors (Lipinski definition) is 1. The average molecular weight is 177 g/mol. The van der Waals surface area contributed by atoms with Gasteiger partial charge in [-0.05, 0) is 6.92 Å². The van der Waals surface area contributed by atoms with Crippen molar-refractivity contribution in [1.29, 1.82) is 0 Å². The Labute approximate surface area is 68.0 Å². The van der Waals surface area contributed by atoms with Gasteiger partial charge in [-0.15, -0.1) is 0 Å². The van der Waals surface area contributed by atoms with Crippen LogP contribution < -0.4 is 0 Å². The van der Waals surface area contributed by atoms with E-state index in [1.54, 1.807) is 0 Å². The topological polar surface area (TPSA) is 46.3 Å². The summed E-state index contributed by atoms with van der Waals surface area (Å²) in [5, 5.41) is 11.6. The highest BCUT2D eigenvalue weighted by molar-refractivity contribution is 5.17. The molecule has 0 atom stereocenters. The summed E-state index contributed by atoms with van der Waals surface area (Å²) < 4.78 is 30.5. The maximum Gasteiger partial charge on any atom is 0.280 e. The van der Waals surface area contributed by atoms with Crippen LogP contribution in [-0.4, -0.2) is 16.9 Å². The Kier molecular flexibility index (Phi) is 2.42. The molecule has 0 bridgehead atoms. The molecule has 0 radical (unpaired) electrons. The second-order valence-electron chi connectivity index (χ2n) is 2.47. The Balaban J connectivity index is 2.88. The van der Waals surface area contributed by atoms with Crippen LogP contribution in [0.3, 0.4) is 0 Å². The van der Waals surface area contributed by atoms with Crippen molar-refractivity contribution in [3.05, 3.63) is 17.5 Å².